The fraction of sp³-hybridized carbons (Fsp3) is 0.476. The standard InChI is InChI=1S/C21H25.2ClH.Zr/c1-20(2)13-14-21(3,19-10-6-9-18(19)20)17-12-11-15-7-4-5-8-16(15)17;;;/h4-5,7-9,11-14,17-19H,6,10H2,1-3H3;2*1H;/q-1;;;+3/p-2. The third-order valence-corrected chi connectivity index (χ3v) is 6.33. The summed E-state index contributed by atoms with van der Waals surface area (Å²) in [6, 6.07) is 8.92. The van der Waals surface area contributed by atoms with Crippen LogP contribution < -0.4 is 24.8 Å². The second kappa shape index (κ2) is 7.81. The number of benzene rings is 1. The van der Waals surface area contributed by atoms with Gasteiger partial charge >= 0.3 is 26.2 Å². The number of hydrogen-bond acceptors (Lipinski definition) is 0. The molecular weight excluding hydrogens is 414 g/mol. The van der Waals surface area contributed by atoms with Gasteiger partial charge in [-0.1, -0.05) is 81.7 Å². The summed E-state index contributed by atoms with van der Waals surface area (Å²) in [6.07, 6.45) is 15.0. The van der Waals surface area contributed by atoms with Gasteiger partial charge in [-0.2, -0.15) is 12.3 Å². The number of allylic oxidation sites excluding steroid dienone is 3. The molecule has 0 nitrogen and oxygen atoms in total. The van der Waals surface area contributed by atoms with E-state index in [1.165, 1.54) is 24.0 Å². The van der Waals surface area contributed by atoms with Crippen LogP contribution in [0.2, 0.25) is 0 Å². The van der Waals surface area contributed by atoms with E-state index in [0.717, 1.165) is 11.8 Å². The van der Waals surface area contributed by atoms with Crippen molar-refractivity contribution in [2.45, 2.75) is 39.5 Å². The van der Waals surface area contributed by atoms with Crippen LogP contribution in [-0.2, 0) is 26.2 Å². The molecule has 0 saturated heterocycles. The van der Waals surface area contributed by atoms with E-state index in [4.69, 9.17) is 0 Å². The quantitative estimate of drug-likeness (QED) is 0.414. The Morgan fingerprint density at radius 1 is 1.04 bits per heavy atom. The zero-order valence-electron chi connectivity index (χ0n) is 14.6. The van der Waals surface area contributed by atoms with Crippen molar-refractivity contribution in [2.24, 2.45) is 22.7 Å². The average Bonchev–Trinajstić information content (AvgIpc) is 3.11. The van der Waals surface area contributed by atoms with E-state index in [0.29, 0.717) is 11.3 Å². The SMILES string of the molecule is CC1(C)C=CC(C)(C2C=Cc3ccccc32)C2CC[CH-]C21.[Cl-].[Cl-].[Zr+3]. The van der Waals surface area contributed by atoms with Crippen LogP contribution in [0.15, 0.2) is 42.5 Å². The summed E-state index contributed by atoms with van der Waals surface area (Å²) in [5.74, 6) is 2.05. The third-order valence-electron chi connectivity index (χ3n) is 6.33. The Bertz CT molecular complexity index is 634. The van der Waals surface area contributed by atoms with Crippen LogP contribution in [0.3, 0.4) is 0 Å². The first-order valence-electron chi connectivity index (χ1n) is 8.33. The van der Waals surface area contributed by atoms with Gasteiger partial charge < -0.3 is 31.2 Å². The Kier molecular flexibility index (Phi) is 7.23. The Labute approximate surface area is 178 Å². The minimum absolute atomic E-state index is 0. The molecule has 24 heavy (non-hydrogen) atoms. The molecule has 3 heteroatoms. The van der Waals surface area contributed by atoms with Gasteiger partial charge in [0.1, 0.15) is 0 Å². The van der Waals surface area contributed by atoms with Crippen molar-refractivity contribution >= 4 is 6.08 Å². The second-order valence-electron chi connectivity index (χ2n) is 7.93. The monoisotopic (exact) mass is 437 g/mol. The zero-order valence-corrected chi connectivity index (χ0v) is 18.6. The molecule has 0 amide bonds. The van der Waals surface area contributed by atoms with E-state index in [9.17, 15) is 0 Å². The fourth-order valence-electron chi connectivity index (χ4n) is 5.07. The summed E-state index contributed by atoms with van der Waals surface area (Å²) in [4.78, 5) is 0. The van der Waals surface area contributed by atoms with Crippen molar-refractivity contribution in [3.63, 3.8) is 0 Å². The van der Waals surface area contributed by atoms with Crippen LogP contribution in [0.25, 0.3) is 6.08 Å². The van der Waals surface area contributed by atoms with Gasteiger partial charge in [0.05, 0.1) is 0 Å². The van der Waals surface area contributed by atoms with Gasteiger partial charge in [0.15, 0.2) is 0 Å². The van der Waals surface area contributed by atoms with E-state index in [1.54, 1.807) is 0 Å². The first kappa shape index (κ1) is 22.2. The van der Waals surface area contributed by atoms with Crippen molar-refractivity contribution in [2.75, 3.05) is 0 Å². The fourth-order valence-corrected chi connectivity index (χ4v) is 5.07. The molecule has 1 aromatic rings. The Hall–Kier alpha value is 0.163. The van der Waals surface area contributed by atoms with Crippen LogP contribution in [0.4, 0.5) is 0 Å². The molecule has 127 valence electrons. The molecule has 3 aliphatic carbocycles. The molecule has 1 saturated carbocycles. The summed E-state index contributed by atoms with van der Waals surface area (Å²) >= 11 is 0. The van der Waals surface area contributed by atoms with Crippen LogP contribution in [0, 0.1) is 29.1 Å². The third kappa shape index (κ3) is 3.26. The predicted octanol–water partition coefficient (Wildman–Crippen LogP) is -0.365. The van der Waals surface area contributed by atoms with Crippen LogP contribution in [0.5, 0.6) is 0 Å². The molecule has 1 radical (unpaired) electrons. The molecular formula is C21H25Cl2Zr. The molecule has 0 bridgehead atoms. The van der Waals surface area contributed by atoms with Gasteiger partial charge in [0, 0.05) is 5.92 Å². The van der Waals surface area contributed by atoms with Crippen molar-refractivity contribution in [1.29, 1.82) is 0 Å². The summed E-state index contributed by atoms with van der Waals surface area (Å²) < 4.78 is 0. The molecule has 0 spiro atoms. The minimum Gasteiger partial charge on any atom is -1.00 e. The number of fused-ring (bicyclic) bond motifs is 2. The van der Waals surface area contributed by atoms with E-state index < -0.39 is 0 Å². The molecule has 4 rings (SSSR count). The average molecular weight is 440 g/mol. The smallest absolute Gasteiger partial charge is 1.00 e. The Morgan fingerprint density at radius 3 is 2.50 bits per heavy atom. The summed E-state index contributed by atoms with van der Waals surface area (Å²) in [5.41, 5.74) is 3.52. The molecule has 1 fully saturated rings. The maximum atomic E-state index is 2.59. The molecule has 4 unspecified atom stereocenters. The number of rotatable bonds is 1. The van der Waals surface area contributed by atoms with Gasteiger partial charge in [-0.15, -0.1) is 0 Å². The van der Waals surface area contributed by atoms with Gasteiger partial charge in [0.25, 0.3) is 0 Å². The molecule has 0 heterocycles. The Balaban J connectivity index is 0.000000960. The maximum Gasteiger partial charge on any atom is 3.00 e. The number of hydrogen-bond donors (Lipinski definition) is 0. The summed E-state index contributed by atoms with van der Waals surface area (Å²) in [5, 5.41) is 0. The summed E-state index contributed by atoms with van der Waals surface area (Å²) in [6.45, 7) is 7.30. The predicted molar refractivity (Wildman–Crippen MR) is 89.8 cm³/mol. The van der Waals surface area contributed by atoms with Gasteiger partial charge in [-0.25, -0.2) is 0 Å². The van der Waals surface area contributed by atoms with Crippen LogP contribution in [0.1, 0.15) is 50.7 Å². The molecule has 0 N–H and O–H groups in total. The van der Waals surface area contributed by atoms with Crippen molar-refractivity contribution in [3.05, 3.63) is 60.0 Å². The van der Waals surface area contributed by atoms with E-state index in [1.807, 2.05) is 0 Å². The molecule has 0 aliphatic heterocycles. The van der Waals surface area contributed by atoms with Gasteiger partial charge in [-0.3, -0.25) is 0 Å². The first-order valence-corrected chi connectivity index (χ1v) is 8.33. The maximum absolute atomic E-state index is 2.59. The molecule has 3 aliphatic rings. The van der Waals surface area contributed by atoms with Gasteiger partial charge in [-0.05, 0) is 22.0 Å². The zero-order chi connectivity index (χ0) is 14.7. The number of halogens is 2. The second-order valence-corrected chi connectivity index (χ2v) is 7.93. The summed E-state index contributed by atoms with van der Waals surface area (Å²) in [7, 11) is 0. The van der Waals surface area contributed by atoms with Crippen molar-refractivity contribution in [3.8, 4) is 0 Å². The minimum atomic E-state index is 0. The molecule has 0 aromatic heterocycles. The van der Waals surface area contributed by atoms with E-state index in [2.05, 4.69) is 75.8 Å². The van der Waals surface area contributed by atoms with Gasteiger partial charge in [0.2, 0.25) is 0 Å². The van der Waals surface area contributed by atoms with E-state index in [-0.39, 0.29) is 56.4 Å². The van der Waals surface area contributed by atoms with Crippen molar-refractivity contribution < 1.29 is 51.0 Å². The normalized spacial score (nSPS) is 34.4. The topological polar surface area (TPSA) is 0 Å². The molecule has 4 atom stereocenters. The molecule has 1 aromatic carbocycles. The van der Waals surface area contributed by atoms with Crippen molar-refractivity contribution in [1.82, 2.24) is 0 Å². The largest absolute Gasteiger partial charge is 3.00 e. The van der Waals surface area contributed by atoms with Crippen LogP contribution in [-0.4, -0.2) is 0 Å². The Morgan fingerprint density at radius 2 is 1.75 bits per heavy atom. The first-order chi connectivity index (χ1) is 10.0. The van der Waals surface area contributed by atoms with E-state index >= 15 is 0 Å². The van der Waals surface area contributed by atoms with Crippen LogP contribution >= 0.6 is 0 Å².